The highest BCUT2D eigenvalue weighted by molar-refractivity contribution is 5.89. The first-order chi connectivity index (χ1) is 10.6. The van der Waals surface area contributed by atoms with Gasteiger partial charge in [0.15, 0.2) is 6.10 Å². The van der Waals surface area contributed by atoms with Crippen molar-refractivity contribution in [2.75, 3.05) is 6.54 Å². The van der Waals surface area contributed by atoms with Gasteiger partial charge >= 0.3 is 5.97 Å². The first kappa shape index (κ1) is 14.5. The van der Waals surface area contributed by atoms with Crippen LogP contribution >= 0.6 is 0 Å². The fraction of sp³-hybridized carbons (Fsp3) is 0.294. The van der Waals surface area contributed by atoms with E-state index in [9.17, 15) is 14.7 Å². The highest BCUT2D eigenvalue weighted by Gasteiger charge is 2.36. The van der Waals surface area contributed by atoms with Gasteiger partial charge in [-0.25, -0.2) is 4.79 Å². The maximum absolute atomic E-state index is 12.4. The van der Waals surface area contributed by atoms with Gasteiger partial charge in [-0.2, -0.15) is 0 Å². The molecular weight excluding hydrogens is 282 g/mol. The Bertz CT molecular complexity index is 727. The van der Waals surface area contributed by atoms with Crippen molar-refractivity contribution in [3.63, 3.8) is 0 Å². The summed E-state index contributed by atoms with van der Waals surface area (Å²) in [6, 6.07) is 12.2. The molecule has 1 aliphatic heterocycles. The number of aliphatic carboxylic acids is 1. The number of amides is 1. The van der Waals surface area contributed by atoms with Crippen LogP contribution in [0, 0.1) is 0 Å². The van der Waals surface area contributed by atoms with Crippen LogP contribution in [-0.4, -0.2) is 39.6 Å². The molecule has 22 heavy (non-hydrogen) atoms. The number of carbonyl (C=O) groups excluding carboxylic acids is 1. The van der Waals surface area contributed by atoms with Gasteiger partial charge in [-0.05, 0) is 35.2 Å². The third kappa shape index (κ3) is 2.55. The van der Waals surface area contributed by atoms with Crippen molar-refractivity contribution in [2.45, 2.75) is 25.0 Å². The molecular formula is C17H17NO4. The molecule has 0 saturated carbocycles. The topological polar surface area (TPSA) is 77.8 Å². The van der Waals surface area contributed by atoms with Gasteiger partial charge in [-0.3, -0.25) is 4.79 Å². The smallest absolute Gasteiger partial charge is 0.326 e. The highest BCUT2D eigenvalue weighted by atomic mass is 16.4. The first-order valence-corrected chi connectivity index (χ1v) is 7.28. The predicted octanol–water partition coefficient (Wildman–Crippen LogP) is 1.95. The van der Waals surface area contributed by atoms with Crippen molar-refractivity contribution in [2.24, 2.45) is 0 Å². The number of hydrogen-bond donors (Lipinski definition) is 2. The van der Waals surface area contributed by atoms with E-state index < -0.39 is 24.0 Å². The second kappa shape index (κ2) is 5.77. The Hall–Kier alpha value is -2.40. The Morgan fingerprint density at radius 2 is 1.86 bits per heavy atom. The van der Waals surface area contributed by atoms with Crippen LogP contribution in [0.1, 0.15) is 24.5 Å². The Morgan fingerprint density at radius 3 is 2.59 bits per heavy atom. The molecule has 5 heteroatoms. The zero-order valence-electron chi connectivity index (χ0n) is 12.0. The van der Waals surface area contributed by atoms with Gasteiger partial charge in [-0.1, -0.05) is 36.4 Å². The van der Waals surface area contributed by atoms with E-state index in [2.05, 4.69) is 0 Å². The normalized spacial score (nSPS) is 19.3. The number of benzene rings is 2. The van der Waals surface area contributed by atoms with Gasteiger partial charge in [0.1, 0.15) is 6.04 Å². The largest absolute Gasteiger partial charge is 0.480 e. The Balaban J connectivity index is 1.86. The molecule has 0 aromatic heterocycles. The van der Waals surface area contributed by atoms with Crippen molar-refractivity contribution >= 4 is 22.6 Å². The molecule has 1 saturated heterocycles. The molecule has 0 aliphatic carbocycles. The Morgan fingerprint density at radius 1 is 1.14 bits per heavy atom. The van der Waals surface area contributed by atoms with Crippen molar-refractivity contribution in [1.82, 2.24) is 4.90 Å². The summed E-state index contributed by atoms with van der Waals surface area (Å²) in [6.45, 7) is 0.375. The quantitative estimate of drug-likeness (QED) is 0.908. The van der Waals surface area contributed by atoms with Crippen LogP contribution in [0.25, 0.3) is 10.8 Å². The molecule has 1 aliphatic rings. The van der Waals surface area contributed by atoms with Gasteiger partial charge in [0, 0.05) is 6.54 Å². The lowest BCUT2D eigenvalue weighted by molar-refractivity contribution is -0.152. The minimum Gasteiger partial charge on any atom is -0.480 e. The average molecular weight is 299 g/mol. The monoisotopic (exact) mass is 299 g/mol. The number of carboxylic acids is 1. The fourth-order valence-electron chi connectivity index (χ4n) is 2.96. The number of carbonyl (C=O) groups is 2. The predicted molar refractivity (Wildman–Crippen MR) is 81.3 cm³/mol. The lowest BCUT2D eigenvalue weighted by Gasteiger charge is -2.24. The zero-order chi connectivity index (χ0) is 15.7. The van der Waals surface area contributed by atoms with Crippen LogP contribution in [0.5, 0.6) is 0 Å². The molecule has 1 unspecified atom stereocenters. The Labute approximate surface area is 127 Å². The molecule has 3 rings (SSSR count). The van der Waals surface area contributed by atoms with Crippen molar-refractivity contribution in [1.29, 1.82) is 0 Å². The molecule has 0 radical (unpaired) electrons. The fourth-order valence-corrected chi connectivity index (χ4v) is 2.96. The van der Waals surface area contributed by atoms with Crippen LogP contribution < -0.4 is 0 Å². The van der Waals surface area contributed by atoms with Crippen molar-refractivity contribution in [3.8, 4) is 0 Å². The van der Waals surface area contributed by atoms with Crippen molar-refractivity contribution in [3.05, 3.63) is 48.0 Å². The summed E-state index contributed by atoms with van der Waals surface area (Å²) >= 11 is 0. The van der Waals surface area contributed by atoms with E-state index in [1.807, 2.05) is 30.3 Å². The van der Waals surface area contributed by atoms with E-state index in [-0.39, 0.29) is 0 Å². The van der Waals surface area contributed by atoms with Crippen LogP contribution in [0.15, 0.2) is 42.5 Å². The van der Waals surface area contributed by atoms with E-state index in [1.165, 1.54) is 4.90 Å². The summed E-state index contributed by atoms with van der Waals surface area (Å²) in [4.78, 5) is 24.9. The minimum absolute atomic E-state index is 0.375. The molecule has 0 bridgehead atoms. The molecule has 1 heterocycles. The lowest BCUT2D eigenvalue weighted by Crippen LogP contribution is -2.42. The summed E-state index contributed by atoms with van der Waals surface area (Å²) in [5.74, 6) is -1.56. The highest BCUT2D eigenvalue weighted by Crippen LogP contribution is 2.25. The number of aliphatic hydroxyl groups is 1. The Kier molecular flexibility index (Phi) is 3.81. The number of nitrogens with zero attached hydrogens (tertiary/aromatic N) is 1. The summed E-state index contributed by atoms with van der Waals surface area (Å²) in [5, 5.41) is 21.4. The van der Waals surface area contributed by atoms with Gasteiger partial charge in [0.25, 0.3) is 5.91 Å². The minimum atomic E-state index is -1.33. The van der Waals surface area contributed by atoms with Gasteiger partial charge < -0.3 is 15.1 Å². The van der Waals surface area contributed by atoms with Gasteiger partial charge in [0.05, 0.1) is 0 Å². The number of carboxylic acid groups (broad SMARTS) is 1. The van der Waals surface area contributed by atoms with Gasteiger partial charge in [-0.15, -0.1) is 0 Å². The van der Waals surface area contributed by atoms with E-state index in [4.69, 9.17) is 5.11 Å². The van der Waals surface area contributed by atoms with E-state index in [0.29, 0.717) is 24.9 Å². The van der Waals surface area contributed by atoms with Crippen LogP contribution in [-0.2, 0) is 9.59 Å². The molecule has 2 aromatic carbocycles. The third-order valence-electron chi connectivity index (χ3n) is 4.14. The second-order valence-corrected chi connectivity index (χ2v) is 5.54. The SMILES string of the molecule is O=C(O)[C@@H]1CCCN1C(=O)C(O)c1ccc2ccccc2c1. The molecule has 2 aromatic rings. The van der Waals surface area contributed by atoms with Crippen LogP contribution in [0.2, 0.25) is 0 Å². The van der Waals surface area contributed by atoms with Crippen LogP contribution in [0.4, 0.5) is 0 Å². The summed E-state index contributed by atoms with van der Waals surface area (Å²) in [7, 11) is 0. The number of aliphatic hydroxyl groups excluding tert-OH is 1. The summed E-state index contributed by atoms with van der Waals surface area (Å²) in [5.41, 5.74) is 0.486. The number of hydrogen-bond acceptors (Lipinski definition) is 3. The van der Waals surface area contributed by atoms with E-state index in [1.54, 1.807) is 12.1 Å². The number of rotatable bonds is 3. The van der Waals surface area contributed by atoms with E-state index >= 15 is 0 Å². The number of likely N-dealkylation sites (tertiary alicyclic amines) is 1. The molecule has 0 spiro atoms. The molecule has 1 amide bonds. The zero-order valence-corrected chi connectivity index (χ0v) is 12.0. The second-order valence-electron chi connectivity index (χ2n) is 5.54. The van der Waals surface area contributed by atoms with Crippen molar-refractivity contribution < 1.29 is 19.8 Å². The maximum Gasteiger partial charge on any atom is 0.326 e. The van der Waals surface area contributed by atoms with E-state index in [0.717, 1.165) is 10.8 Å². The average Bonchev–Trinajstić information content (AvgIpc) is 3.03. The molecule has 2 N–H and O–H groups in total. The molecule has 5 nitrogen and oxygen atoms in total. The maximum atomic E-state index is 12.4. The standard InChI is InChI=1S/C17H17NO4/c19-15(16(20)18-9-3-6-14(18)17(21)22)13-8-7-11-4-1-2-5-12(11)10-13/h1-2,4-5,7-8,10,14-15,19H,3,6,9H2,(H,21,22)/t14-,15?/m0/s1. The first-order valence-electron chi connectivity index (χ1n) is 7.28. The van der Waals surface area contributed by atoms with Crippen LogP contribution in [0.3, 0.4) is 0 Å². The summed E-state index contributed by atoms with van der Waals surface area (Å²) < 4.78 is 0. The molecule has 2 atom stereocenters. The number of fused-ring (bicyclic) bond motifs is 1. The van der Waals surface area contributed by atoms with Gasteiger partial charge in [0.2, 0.25) is 0 Å². The lowest BCUT2D eigenvalue weighted by atomic mass is 10.0. The molecule has 1 fully saturated rings. The summed E-state index contributed by atoms with van der Waals surface area (Å²) in [6.07, 6.45) is -0.247. The molecule has 114 valence electrons. The third-order valence-corrected chi connectivity index (χ3v) is 4.14.